The van der Waals surface area contributed by atoms with Crippen LogP contribution in [0.15, 0.2) is 22.7 Å². The highest BCUT2D eigenvalue weighted by Crippen LogP contribution is 2.19. The minimum Gasteiger partial charge on any atom is -0.370 e. The Morgan fingerprint density at radius 2 is 2.27 bits per heavy atom. The predicted octanol–water partition coefficient (Wildman–Crippen LogP) is 3.05. The largest absolute Gasteiger partial charge is 0.370 e. The zero-order valence-electron chi connectivity index (χ0n) is 8.61. The van der Waals surface area contributed by atoms with Crippen LogP contribution < -0.4 is 5.32 Å². The average Bonchev–Trinajstić information content (AvgIpc) is 2.19. The predicted molar refractivity (Wildman–Crippen MR) is 64.1 cm³/mol. The highest BCUT2D eigenvalue weighted by atomic mass is 79.9. The van der Waals surface area contributed by atoms with Gasteiger partial charge in [-0.05, 0) is 24.1 Å². The van der Waals surface area contributed by atoms with Gasteiger partial charge < -0.3 is 5.32 Å². The fourth-order valence-electron chi connectivity index (χ4n) is 1.24. The van der Waals surface area contributed by atoms with Crippen LogP contribution in [0.4, 0.5) is 4.39 Å². The molecule has 0 saturated carbocycles. The maximum absolute atomic E-state index is 12.2. The molecule has 15 heavy (non-hydrogen) atoms. The lowest BCUT2D eigenvalue weighted by molar-refractivity contribution is 0.495. The van der Waals surface area contributed by atoms with Crippen LogP contribution in [-0.4, -0.2) is 12.5 Å². The van der Waals surface area contributed by atoms with Gasteiger partial charge in [0.2, 0.25) is 0 Å². The molecule has 0 aliphatic carbocycles. The van der Waals surface area contributed by atoms with E-state index in [1.165, 1.54) is 0 Å². The molecule has 2 nitrogen and oxygen atoms in total. The monoisotopic (exact) mass is 272 g/mol. The van der Waals surface area contributed by atoms with Crippen LogP contribution >= 0.6 is 15.9 Å². The topological polar surface area (TPSA) is 35.9 Å². The third-order valence-electron chi connectivity index (χ3n) is 2.04. The summed E-state index contributed by atoms with van der Waals surface area (Å²) in [7, 11) is 0. The molecule has 0 radical (unpaired) electrons. The molecule has 0 aliphatic rings. The number of nitrogens with one attached hydrogen (secondary N) is 2. The Morgan fingerprint density at radius 1 is 1.53 bits per heavy atom. The second kappa shape index (κ2) is 5.85. The molecule has 0 aromatic heterocycles. The van der Waals surface area contributed by atoms with Crippen LogP contribution in [0.25, 0.3) is 0 Å². The number of rotatable bonds is 4. The molecular formula is C11H14BrFN2. The van der Waals surface area contributed by atoms with Gasteiger partial charge in [-0.3, -0.25) is 9.80 Å². The molecule has 0 fully saturated rings. The van der Waals surface area contributed by atoms with Crippen molar-refractivity contribution in [1.29, 1.82) is 5.41 Å². The standard InChI is InChI=1S/C11H14BrFN2/c1-8(14)15-7-9-2-3-10(4-5-13)11(12)6-9/h2-3,6H,4-5,7H2,1H3,(H2,14,15). The van der Waals surface area contributed by atoms with Gasteiger partial charge in [0, 0.05) is 17.4 Å². The van der Waals surface area contributed by atoms with Crippen molar-refractivity contribution in [1.82, 2.24) is 5.32 Å². The van der Waals surface area contributed by atoms with E-state index in [-0.39, 0.29) is 6.67 Å². The van der Waals surface area contributed by atoms with Gasteiger partial charge in [-0.25, -0.2) is 0 Å². The van der Waals surface area contributed by atoms with Crippen molar-refractivity contribution >= 4 is 21.8 Å². The smallest absolute Gasteiger partial charge is 0.0935 e. The normalized spacial score (nSPS) is 10.1. The summed E-state index contributed by atoms with van der Waals surface area (Å²) >= 11 is 3.41. The van der Waals surface area contributed by atoms with E-state index in [9.17, 15) is 4.39 Å². The fraction of sp³-hybridized carbons (Fsp3) is 0.364. The summed E-state index contributed by atoms with van der Waals surface area (Å²) in [5.41, 5.74) is 2.06. The first kappa shape index (κ1) is 12.2. The van der Waals surface area contributed by atoms with Gasteiger partial charge in [0.05, 0.1) is 12.5 Å². The molecule has 82 valence electrons. The number of amidine groups is 1. The van der Waals surface area contributed by atoms with Gasteiger partial charge >= 0.3 is 0 Å². The first-order valence-electron chi connectivity index (χ1n) is 4.75. The van der Waals surface area contributed by atoms with Crippen LogP contribution in [0.2, 0.25) is 0 Å². The van der Waals surface area contributed by atoms with Gasteiger partial charge in [-0.1, -0.05) is 28.1 Å². The SMILES string of the molecule is CC(=N)NCc1ccc(CCF)c(Br)c1. The maximum Gasteiger partial charge on any atom is 0.0935 e. The Hall–Kier alpha value is -0.900. The quantitative estimate of drug-likeness (QED) is 0.642. The summed E-state index contributed by atoms with van der Waals surface area (Å²) in [5, 5.41) is 10.2. The Balaban J connectivity index is 2.68. The highest BCUT2D eigenvalue weighted by Gasteiger charge is 2.01. The minimum absolute atomic E-state index is 0.337. The molecule has 1 rings (SSSR count). The molecular weight excluding hydrogens is 259 g/mol. The summed E-state index contributed by atoms with van der Waals surface area (Å²) in [6.45, 7) is 1.99. The molecule has 0 unspecified atom stereocenters. The first-order chi connectivity index (χ1) is 7.13. The lowest BCUT2D eigenvalue weighted by Gasteiger charge is -2.07. The van der Waals surface area contributed by atoms with E-state index in [4.69, 9.17) is 5.41 Å². The van der Waals surface area contributed by atoms with E-state index < -0.39 is 0 Å². The molecule has 1 aromatic carbocycles. The fourth-order valence-corrected chi connectivity index (χ4v) is 1.86. The molecule has 0 heterocycles. The van der Waals surface area contributed by atoms with Crippen LogP contribution in [0, 0.1) is 5.41 Å². The van der Waals surface area contributed by atoms with Gasteiger partial charge in [0.1, 0.15) is 0 Å². The van der Waals surface area contributed by atoms with E-state index in [1.54, 1.807) is 6.92 Å². The number of benzene rings is 1. The second-order valence-corrected chi connectivity index (χ2v) is 4.20. The molecule has 0 amide bonds. The van der Waals surface area contributed by atoms with Crippen LogP contribution in [-0.2, 0) is 13.0 Å². The van der Waals surface area contributed by atoms with Crippen molar-refractivity contribution in [2.24, 2.45) is 0 Å². The van der Waals surface area contributed by atoms with E-state index >= 15 is 0 Å². The van der Waals surface area contributed by atoms with Gasteiger partial charge in [-0.2, -0.15) is 0 Å². The van der Waals surface area contributed by atoms with Gasteiger partial charge in [0.15, 0.2) is 0 Å². The Kier molecular flexibility index (Phi) is 4.75. The molecule has 0 aliphatic heterocycles. The maximum atomic E-state index is 12.2. The first-order valence-corrected chi connectivity index (χ1v) is 5.55. The Bertz CT molecular complexity index is 352. The zero-order chi connectivity index (χ0) is 11.3. The average molecular weight is 273 g/mol. The second-order valence-electron chi connectivity index (χ2n) is 3.34. The summed E-state index contributed by atoms with van der Waals surface area (Å²) < 4.78 is 13.1. The number of halogens is 2. The summed E-state index contributed by atoms with van der Waals surface area (Å²) in [5.74, 6) is 0.443. The molecule has 0 atom stereocenters. The number of alkyl halides is 1. The lowest BCUT2D eigenvalue weighted by Crippen LogP contribution is -2.18. The zero-order valence-corrected chi connectivity index (χ0v) is 10.2. The van der Waals surface area contributed by atoms with Crippen LogP contribution in [0.3, 0.4) is 0 Å². The van der Waals surface area contributed by atoms with Crippen LogP contribution in [0.1, 0.15) is 18.1 Å². The Morgan fingerprint density at radius 3 is 2.80 bits per heavy atom. The molecule has 2 N–H and O–H groups in total. The van der Waals surface area contributed by atoms with Crippen LogP contribution in [0.5, 0.6) is 0 Å². The summed E-state index contributed by atoms with van der Waals surface area (Å²) in [4.78, 5) is 0. The lowest BCUT2D eigenvalue weighted by atomic mass is 10.1. The van der Waals surface area contributed by atoms with E-state index in [0.717, 1.165) is 15.6 Å². The molecule has 0 bridgehead atoms. The van der Waals surface area contributed by atoms with E-state index in [1.807, 2.05) is 18.2 Å². The van der Waals surface area contributed by atoms with Crippen molar-refractivity contribution in [3.05, 3.63) is 33.8 Å². The van der Waals surface area contributed by atoms with Crippen molar-refractivity contribution in [2.45, 2.75) is 19.9 Å². The van der Waals surface area contributed by atoms with E-state index in [2.05, 4.69) is 21.2 Å². The van der Waals surface area contributed by atoms with E-state index in [0.29, 0.717) is 18.8 Å². The molecule has 0 spiro atoms. The minimum atomic E-state index is -0.337. The van der Waals surface area contributed by atoms with Gasteiger partial charge in [-0.15, -0.1) is 0 Å². The van der Waals surface area contributed by atoms with Gasteiger partial charge in [0.25, 0.3) is 0 Å². The van der Waals surface area contributed by atoms with Crippen molar-refractivity contribution in [3.63, 3.8) is 0 Å². The van der Waals surface area contributed by atoms with Crippen molar-refractivity contribution in [3.8, 4) is 0 Å². The highest BCUT2D eigenvalue weighted by molar-refractivity contribution is 9.10. The number of aryl methyl sites for hydroxylation is 1. The number of hydrogen-bond donors (Lipinski definition) is 2. The molecule has 0 saturated heterocycles. The Labute approximate surface area is 97.5 Å². The third kappa shape index (κ3) is 4.00. The third-order valence-corrected chi connectivity index (χ3v) is 2.78. The number of hydrogen-bond acceptors (Lipinski definition) is 1. The summed E-state index contributed by atoms with van der Waals surface area (Å²) in [6, 6.07) is 5.83. The molecule has 1 aromatic rings. The molecule has 4 heteroatoms. The summed E-state index contributed by atoms with van der Waals surface area (Å²) in [6.07, 6.45) is 0.442. The van der Waals surface area contributed by atoms with Crippen molar-refractivity contribution < 1.29 is 4.39 Å². The van der Waals surface area contributed by atoms with Crippen molar-refractivity contribution in [2.75, 3.05) is 6.67 Å².